The molecule has 0 saturated carbocycles. The topological polar surface area (TPSA) is 210 Å². The van der Waals surface area contributed by atoms with E-state index in [2.05, 4.69) is 29.9 Å². The predicted octanol–water partition coefficient (Wildman–Crippen LogP) is -0.401. The van der Waals surface area contributed by atoms with Crippen molar-refractivity contribution in [3.63, 3.8) is 0 Å². The van der Waals surface area contributed by atoms with Crippen molar-refractivity contribution in [3.8, 4) is 0 Å². The quantitative estimate of drug-likeness (QED) is 0.506. The van der Waals surface area contributed by atoms with Crippen molar-refractivity contribution >= 4 is 23.3 Å². The van der Waals surface area contributed by atoms with Gasteiger partial charge in [-0.2, -0.15) is 0 Å². The molecule has 20 heavy (non-hydrogen) atoms. The van der Waals surface area contributed by atoms with Crippen LogP contribution < -0.4 is 5.01 Å². The lowest BCUT2D eigenvalue weighted by atomic mass is 10.5. The molecule has 0 radical (unpaired) electrons. The zero-order valence-electron chi connectivity index (χ0n) is 8.84. The summed E-state index contributed by atoms with van der Waals surface area (Å²) in [6.07, 6.45) is 0. The monoisotopic (exact) mass is 288 g/mol. The Balaban J connectivity index is 2.60. The molecule has 2 aromatic heterocycles. The van der Waals surface area contributed by atoms with Gasteiger partial charge in [-0.3, -0.25) is 0 Å². The highest BCUT2D eigenvalue weighted by atomic mass is 16.7. The number of rotatable bonds is 5. The number of nitro groups is 3. The van der Waals surface area contributed by atoms with Crippen molar-refractivity contribution in [2.75, 3.05) is 5.01 Å². The molecule has 104 valence electrons. The summed E-state index contributed by atoms with van der Waals surface area (Å²) >= 11 is 0. The summed E-state index contributed by atoms with van der Waals surface area (Å²) in [6, 6.07) is 0. The zero-order chi connectivity index (χ0) is 14.9. The summed E-state index contributed by atoms with van der Waals surface area (Å²) in [5.41, 5.74) is 0. The summed E-state index contributed by atoms with van der Waals surface area (Å²) in [5, 5.41) is 42.2. The van der Waals surface area contributed by atoms with Crippen molar-refractivity contribution < 1.29 is 24.1 Å². The van der Waals surface area contributed by atoms with Gasteiger partial charge in [0.2, 0.25) is 0 Å². The van der Waals surface area contributed by atoms with Crippen LogP contribution in [0.5, 0.6) is 0 Å². The number of aromatic nitrogens is 4. The second-order valence-electron chi connectivity index (χ2n) is 2.89. The van der Waals surface area contributed by atoms with Gasteiger partial charge in [0.25, 0.3) is 0 Å². The Morgan fingerprint density at radius 2 is 1.20 bits per heavy atom. The standard InChI is InChI=1S/C4N8O8/c13-10(14)3-1(5-19-7-3)9(12(17)18)2-4(11(15)16)8-20-6-2. The van der Waals surface area contributed by atoms with Crippen molar-refractivity contribution in [1.29, 1.82) is 0 Å². The maximum Gasteiger partial charge on any atom is 0.465 e. The predicted molar refractivity (Wildman–Crippen MR) is 51.0 cm³/mol. The molecule has 2 heterocycles. The third-order valence-electron chi connectivity index (χ3n) is 1.82. The minimum Gasteiger partial charge on any atom is -0.358 e. The normalized spacial score (nSPS) is 10.2. The highest BCUT2D eigenvalue weighted by Gasteiger charge is 2.44. The maximum atomic E-state index is 10.9. The maximum absolute atomic E-state index is 10.9. The van der Waals surface area contributed by atoms with Crippen molar-refractivity contribution in [2.45, 2.75) is 0 Å². The number of hydrazine groups is 1. The van der Waals surface area contributed by atoms with Gasteiger partial charge in [-0.15, -0.1) is 9.26 Å². The number of hydrogen-bond donors (Lipinski definition) is 0. The second-order valence-corrected chi connectivity index (χ2v) is 2.89. The largest absolute Gasteiger partial charge is 0.465 e. The van der Waals surface area contributed by atoms with Gasteiger partial charge in [-0.05, 0) is 14.9 Å². The van der Waals surface area contributed by atoms with Crippen molar-refractivity contribution in [2.24, 2.45) is 0 Å². The minimum atomic E-state index is -1.26. The van der Waals surface area contributed by atoms with Crippen LogP contribution in [0.25, 0.3) is 0 Å². The van der Waals surface area contributed by atoms with E-state index in [1.807, 2.05) is 0 Å². The second kappa shape index (κ2) is 4.51. The molecule has 2 rings (SSSR count). The molecule has 0 amide bonds. The van der Waals surface area contributed by atoms with Crippen LogP contribution in [0, 0.1) is 30.3 Å². The van der Waals surface area contributed by atoms with E-state index < -0.39 is 38.2 Å². The summed E-state index contributed by atoms with van der Waals surface area (Å²) in [4.78, 5) is 29.8. The van der Waals surface area contributed by atoms with E-state index in [0.29, 0.717) is 0 Å². The molecular formula is C4N8O8. The molecule has 0 aliphatic carbocycles. The fourth-order valence-electron chi connectivity index (χ4n) is 1.11. The molecular weight excluding hydrogens is 288 g/mol. The third-order valence-corrected chi connectivity index (χ3v) is 1.82. The highest BCUT2D eigenvalue weighted by Crippen LogP contribution is 2.33. The van der Waals surface area contributed by atoms with Gasteiger partial charge in [0.05, 0.1) is 0 Å². The van der Waals surface area contributed by atoms with Gasteiger partial charge < -0.3 is 20.2 Å². The van der Waals surface area contributed by atoms with Crippen LogP contribution >= 0.6 is 0 Å². The van der Waals surface area contributed by atoms with E-state index >= 15 is 0 Å². The molecule has 0 aliphatic rings. The van der Waals surface area contributed by atoms with E-state index in [-0.39, 0.29) is 5.01 Å². The van der Waals surface area contributed by atoms with E-state index in [0.717, 1.165) is 0 Å². The molecule has 0 unspecified atom stereocenters. The summed E-state index contributed by atoms with van der Waals surface area (Å²) < 4.78 is 8.00. The minimum absolute atomic E-state index is 0.205. The van der Waals surface area contributed by atoms with Crippen LogP contribution in [0.15, 0.2) is 9.26 Å². The first-order valence-electron chi connectivity index (χ1n) is 4.31. The first-order valence-corrected chi connectivity index (χ1v) is 4.31. The third kappa shape index (κ3) is 1.91. The lowest BCUT2D eigenvalue weighted by Gasteiger charge is -2.03. The molecule has 0 N–H and O–H groups in total. The first kappa shape index (κ1) is 12.7. The molecule has 2 aromatic rings. The van der Waals surface area contributed by atoms with Crippen LogP contribution in [-0.2, 0) is 0 Å². The van der Waals surface area contributed by atoms with E-state index in [1.165, 1.54) is 0 Å². The Morgan fingerprint density at radius 3 is 1.50 bits per heavy atom. The Kier molecular flexibility index (Phi) is 2.87. The molecule has 0 fully saturated rings. The smallest absolute Gasteiger partial charge is 0.358 e. The van der Waals surface area contributed by atoms with Gasteiger partial charge in [0.15, 0.2) is 15.3 Å². The van der Waals surface area contributed by atoms with E-state index in [9.17, 15) is 30.3 Å². The van der Waals surface area contributed by atoms with E-state index in [4.69, 9.17) is 0 Å². The average molecular weight is 288 g/mol. The van der Waals surface area contributed by atoms with Gasteiger partial charge in [-0.1, -0.05) is 0 Å². The summed E-state index contributed by atoms with van der Waals surface area (Å²) in [5.74, 6) is -4.34. The molecule has 0 spiro atoms. The molecule has 0 atom stereocenters. The van der Waals surface area contributed by atoms with Crippen molar-refractivity contribution in [1.82, 2.24) is 20.6 Å². The lowest BCUT2D eigenvalue weighted by molar-refractivity contribution is -0.487. The molecule has 0 aromatic carbocycles. The van der Waals surface area contributed by atoms with Gasteiger partial charge in [-0.25, -0.2) is 10.1 Å². The van der Waals surface area contributed by atoms with Crippen LogP contribution in [0.1, 0.15) is 0 Å². The SMILES string of the molecule is O=[N+]([O-])c1nonc1N(c1nonc1[N+](=O)[O-])[N+](=O)[O-]. The fraction of sp³-hybridized carbons (Fsp3) is 0. The zero-order valence-corrected chi connectivity index (χ0v) is 8.84. The Bertz CT molecular complexity index is 636. The van der Waals surface area contributed by atoms with Crippen molar-refractivity contribution in [3.05, 3.63) is 30.3 Å². The highest BCUT2D eigenvalue weighted by molar-refractivity contribution is 5.64. The van der Waals surface area contributed by atoms with Crippen LogP contribution in [0.3, 0.4) is 0 Å². The first-order chi connectivity index (χ1) is 9.43. The average Bonchev–Trinajstić information content (AvgIpc) is 2.97. The molecule has 16 heteroatoms. The summed E-state index contributed by atoms with van der Waals surface area (Å²) in [6.45, 7) is 0. The summed E-state index contributed by atoms with van der Waals surface area (Å²) in [7, 11) is 0. The van der Waals surface area contributed by atoms with Crippen LogP contribution in [-0.4, -0.2) is 35.5 Å². The Labute approximate surface area is 104 Å². The molecule has 16 nitrogen and oxygen atoms in total. The van der Waals surface area contributed by atoms with Gasteiger partial charge in [0, 0.05) is 10.3 Å². The van der Waals surface area contributed by atoms with Crippen LogP contribution in [0.2, 0.25) is 0 Å². The number of nitrogens with zero attached hydrogens (tertiary/aromatic N) is 8. The van der Waals surface area contributed by atoms with E-state index in [1.54, 1.807) is 0 Å². The number of hydrogen-bond acceptors (Lipinski definition) is 12. The fourth-order valence-corrected chi connectivity index (χ4v) is 1.11. The Morgan fingerprint density at radius 1 is 0.800 bits per heavy atom. The molecule has 0 aliphatic heterocycles. The van der Waals surface area contributed by atoms with Gasteiger partial charge in [0.1, 0.15) is 0 Å². The number of anilines is 2. The Hall–Kier alpha value is -3.72. The molecule has 0 saturated heterocycles. The van der Waals surface area contributed by atoms with Gasteiger partial charge >= 0.3 is 23.3 Å². The lowest BCUT2D eigenvalue weighted by Crippen LogP contribution is -2.26. The van der Waals surface area contributed by atoms with Crippen LogP contribution in [0.4, 0.5) is 23.3 Å². The molecule has 0 bridgehead atoms.